The van der Waals surface area contributed by atoms with Gasteiger partial charge in [-0.2, -0.15) is 0 Å². The Morgan fingerprint density at radius 3 is 2.89 bits per heavy atom. The van der Waals surface area contributed by atoms with Crippen LogP contribution in [0.2, 0.25) is 0 Å². The molecule has 1 aliphatic heterocycles. The summed E-state index contributed by atoms with van der Waals surface area (Å²) in [7, 11) is 0. The Bertz CT molecular complexity index is 910. The number of hydrogen-bond acceptors (Lipinski definition) is 7. The van der Waals surface area contributed by atoms with Crippen LogP contribution in [0.1, 0.15) is 37.8 Å². The second-order valence-electron chi connectivity index (χ2n) is 6.77. The highest BCUT2D eigenvalue weighted by molar-refractivity contribution is 7.10. The first kappa shape index (κ1) is 17.9. The van der Waals surface area contributed by atoms with E-state index >= 15 is 0 Å². The summed E-state index contributed by atoms with van der Waals surface area (Å²) in [6.07, 6.45) is 4.18. The van der Waals surface area contributed by atoms with Gasteiger partial charge >= 0.3 is 0 Å². The minimum absolute atomic E-state index is 0.000233. The van der Waals surface area contributed by atoms with Crippen LogP contribution in [-0.2, 0) is 26.1 Å². The number of amides is 1. The van der Waals surface area contributed by atoms with Crippen molar-refractivity contribution in [2.45, 2.75) is 39.9 Å². The van der Waals surface area contributed by atoms with Gasteiger partial charge in [0.15, 0.2) is 0 Å². The summed E-state index contributed by atoms with van der Waals surface area (Å²) >= 11 is 1.67. The third kappa shape index (κ3) is 3.79. The smallest absolute Gasteiger partial charge is 0.252 e. The molecule has 0 unspecified atom stereocenters. The van der Waals surface area contributed by atoms with Crippen molar-refractivity contribution in [2.24, 2.45) is 0 Å². The maximum absolute atomic E-state index is 12.6. The number of carbonyl (C=O) groups is 1. The molecular weight excluding hydrogens is 364 g/mol. The maximum atomic E-state index is 12.6. The zero-order chi connectivity index (χ0) is 18.8. The minimum atomic E-state index is -0.000233. The summed E-state index contributed by atoms with van der Waals surface area (Å²) in [4.78, 5) is 16.2. The highest BCUT2D eigenvalue weighted by Crippen LogP contribution is 2.30. The molecule has 142 valence electrons. The van der Waals surface area contributed by atoms with E-state index < -0.39 is 0 Å². The van der Waals surface area contributed by atoms with E-state index in [1.54, 1.807) is 24.0 Å². The number of rotatable bonds is 6. The van der Waals surface area contributed by atoms with Gasteiger partial charge in [-0.3, -0.25) is 9.69 Å². The van der Waals surface area contributed by atoms with Crippen LogP contribution in [0.4, 0.5) is 0 Å². The number of carbonyl (C=O) groups excluding carboxylic acids is 1. The molecule has 1 amide bonds. The molecule has 3 aromatic heterocycles. The number of hydrogen-bond donors (Lipinski definition) is 1. The Balaban J connectivity index is 1.37. The van der Waals surface area contributed by atoms with Crippen molar-refractivity contribution in [1.29, 1.82) is 0 Å². The van der Waals surface area contributed by atoms with Gasteiger partial charge in [-0.25, -0.2) is 0 Å². The monoisotopic (exact) mass is 386 g/mol. The molecule has 0 radical (unpaired) electrons. The fraction of sp³-hybridized carbons (Fsp3) is 0.444. The number of fused-ring (bicyclic) bond motifs is 1. The van der Waals surface area contributed by atoms with Crippen LogP contribution < -0.4 is 5.32 Å². The topological polar surface area (TPSA) is 89.1 Å². The summed E-state index contributed by atoms with van der Waals surface area (Å²) in [6.45, 7) is 7.77. The predicted octanol–water partition coefficient (Wildman–Crippen LogP) is 1.93. The Hall–Kier alpha value is -2.52. The number of nitrogens with zero attached hydrogens (tertiary/aromatic N) is 5. The van der Waals surface area contributed by atoms with E-state index in [0.717, 1.165) is 43.1 Å². The molecular formula is C18H22N6O2S. The van der Waals surface area contributed by atoms with Gasteiger partial charge in [-0.1, -0.05) is 5.16 Å². The average molecular weight is 386 g/mol. The Kier molecular flexibility index (Phi) is 5.04. The van der Waals surface area contributed by atoms with Gasteiger partial charge in [0.2, 0.25) is 0 Å². The first-order valence-electron chi connectivity index (χ1n) is 8.95. The maximum Gasteiger partial charge on any atom is 0.252 e. The van der Waals surface area contributed by atoms with Crippen molar-refractivity contribution >= 4 is 17.2 Å². The molecule has 4 rings (SSSR count). The normalized spacial score (nSPS) is 14.3. The van der Waals surface area contributed by atoms with Crippen molar-refractivity contribution in [2.75, 3.05) is 13.1 Å². The molecule has 0 atom stereocenters. The van der Waals surface area contributed by atoms with E-state index in [1.165, 1.54) is 16.0 Å². The summed E-state index contributed by atoms with van der Waals surface area (Å²) in [5.74, 6) is 0.886. The van der Waals surface area contributed by atoms with E-state index in [9.17, 15) is 4.79 Å². The van der Waals surface area contributed by atoms with Crippen LogP contribution in [0.3, 0.4) is 0 Å². The third-order valence-electron chi connectivity index (χ3n) is 4.96. The van der Waals surface area contributed by atoms with Gasteiger partial charge in [0, 0.05) is 48.5 Å². The number of thiophene rings is 1. The Labute approximate surface area is 161 Å². The van der Waals surface area contributed by atoms with Gasteiger partial charge < -0.3 is 14.4 Å². The van der Waals surface area contributed by atoms with Crippen LogP contribution in [-0.4, -0.2) is 43.8 Å². The number of nitrogens with one attached hydrogen (secondary N) is 1. The molecule has 0 bridgehead atoms. The number of aromatic nitrogens is 4. The average Bonchev–Trinajstić information content (AvgIpc) is 3.38. The molecule has 27 heavy (non-hydrogen) atoms. The van der Waals surface area contributed by atoms with Crippen molar-refractivity contribution < 1.29 is 9.32 Å². The van der Waals surface area contributed by atoms with Gasteiger partial charge in [0.25, 0.3) is 5.91 Å². The highest BCUT2D eigenvalue weighted by Gasteiger charge is 2.25. The molecule has 0 saturated heterocycles. The quantitative estimate of drug-likeness (QED) is 0.696. The molecule has 0 aliphatic carbocycles. The standard InChI is InChI=1S/C18H22N6O2S/c1-12-15(13(2)26-22-12)7-23-5-3-14-16(9-27-17(14)8-23)18(25)19-4-6-24-10-20-21-11-24/h9-11H,3-8H2,1-2H3,(H,19,25). The third-order valence-corrected chi connectivity index (χ3v) is 5.97. The molecule has 0 fully saturated rings. The Morgan fingerprint density at radius 1 is 1.33 bits per heavy atom. The van der Waals surface area contributed by atoms with Crippen molar-refractivity contribution in [3.8, 4) is 0 Å². The fourth-order valence-electron chi connectivity index (χ4n) is 3.39. The van der Waals surface area contributed by atoms with E-state index in [4.69, 9.17) is 4.52 Å². The molecule has 0 saturated carbocycles. The minimum Gasteiger partial charge on any atom is -0.361 e. The van der Waals surface area contributed by atoms with Crippen LogP contribution in [0.15, 0.2) is 22.6 Å². The van der Waals surface area contributed by atoms with E-state index in [-0.39, 0.29) is 5.91 Å². The lowest BCUT2D eigenvalue weighted by Crippen LogP contribution is -2.32. The highest BCUT2D eigenvalue weighted by atomic mass is 32.1. The van der Waals surface area contributed by atoms with Crippen LogP contribution in [0, 0.1) is 13.8 Å². The fourth-order valence-corrected chi connectivity index (χ4v) is 4.51. The van der Waals surface area contributed by atoms with Gasteiger partial charge in [-0.15, -0.1) is 21.5 Å². The SMILES string of the molecule is Cc1noc(C)c1CN1CCc2c(C(=O)NCCn3cnnc3)csc2C1. The van der Waals surface area contributed by atoms with E-state index in [1.807, 2.05) is 23.8 Å². The second-order valence-corrected chi connectivity index (χ2v) is 7.73. The lowest BCUT2D eigenvalue weighted by atomic mass is 10.0. The van der Waals surface area contributed by atoms with Crippen LogP contribution in [0.5, 0.6) is 0 Å². The van der Waals surface area contributed by atoms with Crippen molar-refractivity contribution in [3.05, 3.63) is 51.1 Å². The molecule has 1 N–H and O–H groups in total. The van der Waals surface area contributed by atoms with Gasteiger partial charge in [-0.05, 0) is 25.8 Å². The predicted molar refractivity (Wildman–Crippen MR) is 100 cm³/mol. The zero-order valence-electron chi connectivity index (χ0n) is 15.4. The van der Waals surface area contributed by atoms with Gasteiger partial charge in [0.05, 0.1) is 11.3 Å². The molecule has 8 nitrogen and oxygen atoms in total. The van der Waals surface area contributed by atoms with E-state index in [2.05, 4.69) is 25.6 Å². The van der Waals surface area contributed by atoms with Crippen molar-refractivity contribution in [3.63, 3.8) is 0 Å². The summed E-state index contributed by atoms with van der Waals surface area (Å²) in [5, 5.41) is 16.5. The second kappa shape index (κ2) is 7.61. The number of aryl methyl sites for hydroxylation is 2. The van der Waals surface area contributed by atoms with Crippen LogP contribution in [0.25, 0.3) is 0 Å². The van der Waals surface area contributed by atoms with Gasteiger partial charge in [0.1, 0.15) is 18.4 Å². The lowest BCUT2D eigenvalue weighted by molar-refractivity contribution is 0.0951. The zero-order valence-corrected chi connectivity index (χ0v) is 16.3. The van der Waals surface area contributed by atoms with Crippen LogP contribution >= 0.6 is 11.3 Å². The first-order chi connectivity index (χ1) is 13.1. The first-order valence-corrected chi connectivity index (χ1v) is 9.83. The molecule has 9 heteroatoms. The molecule has 3 aromatic rings. The van der Waals surface area contributed by atoms with Crippen molar-refractivity contribution in [1.82, 2.24) is 30.1 Å². The van der Waals surface area contributed by atoms with E-state index in [0.29, 0.717) is 13.1 Å². The lowest BCUT2D eigenvalue weighted by Gasteiger charge is -2.27. The summed E-state index contributed by atoms with van der Waals surface area (Å²) in [6, 6.07) is 0. The molecule has 1 aliphatic rings. The molecule has 0 spiro atoms. The Morgan fingerprint density at radius 2 is 2.15 bits per heavy atom. The molecule has 0 aromatic carbocycles. The summed E-state index contributed by atoms with van der Waals surface area (Å²) < 4.78 is 7.11. The molecule has 4 heterocycles. The largest absolute Gasteiger partial charge is 0.361 e. The summed E-state index contributed by atoms with van der Waals surface area (Å²) in [5.41, 5.74) is 4.13.